The fourth-order valence-electron chi connectivity index (χ4n) is 1.40. The van der Waals surface area contributed by atoms with Gasteiger partial charge in [0.2, 0.25) is 0 Å². The molecule has 84 valence electrons. The average molecular weight is 209 g/mol. The van der Waals surface area contributed by atoms with Gasteiger partial charge < -0.3 is 5.32 Å². The topological polar surface area (TPSA) is 46.9 Å². The van der Waals surface area contributed by atoms with E-state index in [0.717, 1.165) is 38.0 Å². The second-order valence-electron chi connectivity index (χ2n) is 3.71. The van der Waals surface area contributed by atoms with Crippen molar-refractivity contribution in [1.29, 1.82) is 0 Å². The first-order valence-corrected chi connectivity index (χ1v) is 5.48. The maximum absolute atomic E-state index is 11.3. The van der Waals surface area contributed by atoms with Gasteiger partial charge in [-0.25, -0.2) is 9.78 Å². The summed E-state index contributed by atoms with van der Waals surface area (Å²) in [6.45, 7) is 6.82. The Bertz CT molecular complexity index is 346. The first kappa shape index (κ1) is 11.9. The lowest BCUT2D eigenvalue weighted by atomic mass is 10.3. The van der Waals surface area contributed by atoms with Gasteiger partial charge in [-0.05, 0) is 38.4 Å². The molecule has 0 aliphatic carbocycles. The summed E-state index contributed by atoms with van der Waals surface area (Å²) in [6.07, 6.45) is 5.57. The van der Waals surface area contributed by atoms with E-state index in [0.29, 0.717) is 0 Å². The van der Waals surface area contributed by atoms with Crippen LogP contribution in [0.25, 0.3) is 0 Å². The number of rotatable bonds is 6. The molecule has 0 aliphatic rings. The van der Waals surface area contributed by atoms with Crippen molar-refractivity contribution in [3.63, 3.8) is 0 Å². The summed E-state index contributed by atoms with van der Waals surface area (Å²) in [5.74, 6) is 0. The van der Waals surface area contributed by atoms with Crippen LogP contribution in [0.15, 0.2) is 17.2 Å². The maximum Gasteiger partial charge on any atom is 0.347 e. The third-order valence-electron chi connectivity index (χ3n) is 2.16. The number of aryl methyl sites for hydroxylation is 2. The Balaban J connectivity index is 2.37. The zero-order valence-electron chi connectivity index (χ0n) is 9.49. The highest BCUT2D eigenvalue weighted by Gasteiger charge is 1.96. The summed E-state index contributed by atoms with van der Waals surface area (Å²) in [5.41, 5.74) is 0.868. The van der Waals surface area contributed by atoms with Crippen molar-refractivity contribution < 1.29 is 0 Å². The molecule has 0 saturated carbocycles. The van der Waals surface area contributed by atoms with E-state index < -0.39 is 0 Å². The highest BCUT2D eigenvalue weighted by Crippen LogP contribution is 1.91. The second kappa shape index (κ2) is 6.35. The van der Waals surface area contributed by atoms with E-state index in [4.69, 9.17) is 0 Å². The van der Waals surface area contributed by atoms with Gasteiger partial charge >= 0.3 is 5.69 Å². The van der Waals surface area contributed by atoms with Crippen LogP contribution < -0.4 is 11.0 Å². The molecular formula is C11H19N3O. The molecule has 1 rings (SSSR count). The molecule has 0 bridgehead atoms. The molecule has 0 fully saturated rings. The van der Waals surface area contributed by atoms with Crippen LogP contribution in [-0.2, 0) is 6.54 Å². The summed E-state index contributed by atoms with van der Waals surface area (Å²) in [4.78, 5) is 15.1. The minimum Gasteiger partial charge on any atom is -0.317 e. The van der Waals surface area contributed by atoms with Gasteiger partial charge in [-0.3, -0.25) is 4.57 Å². The van der Waals surface area contributed by atoms with E-state index >= 15 is 0 Å². The molecule has 0 spiro atoms. The molecule has 4 heteroatoms. The Hall–Kier alpha value is -1.16. The molecule has 4 nitrogen and oxygen atoms in total. The molecule has 0 aliphatic heterocycles. The van der Waals surface area contributed by atoms with Crippen molar-refractivity contribution in [2.45, 2.75) is 33.2 Å². The molecule has 1 heterocycles. The van der Waals surface area contributed by atoms with E-state index in [1.165, 1.54) is 0 Å². The number of nitrogens with zero attached hydrogens (tertiary/aromatic N) is 2. The third-order valence-corrected chi connectivity index (χ3v) is 2.16. The maximum atomic E-state index is 11.3. The number of aromatic nitrogens is 2. The molecule has 0 saturated heterocycles. The second-order valence-corrected chi connectivity index (χ2v) is 3.71. The summed E-state index contributed by atoms with van der Waals surface area (Å²) >= 11 is 0. The third kappa shape index (κ3) is 4.25. The lowest BCUT2D eigenvalue weighted by molar-refractivity contribution is 0.559. The van der Waals surface area contributed by atoms with E-state index in [2.05, 4.69) is 17.2 Å². The predicted molar refractivity (Wildman–Crippen MR) is 61.0 cm³/mol. The van der Waals surface area contributed by atoms with Crippen molar-refractivity contribution in [3.05, 3.63) is 28.4 Å². The van der Waals surface area contributed by atoms with Gasteiger partial charge in [0.15, 0.2) is 0 Å². The zero-order valence-corrected chi connectivity index (χ0v) is 9.49. The predicted octanol–water partition coefficient (Wildman–Crippen LogP) is 0.941. The molecule has 1 N–H and O–H groups in total. The van der Waals surface area contributed by atoms with E-state index in [1.807, 2.05) is 13.1 Å². The quantitative estimate of drug-likeness (QED) is 0.709. The summed E-state index contributed by atoms with van der Waals surface area (Å²) in [5, 5.41) is 3.30. The fraction of sp³-hybridized carbons (Fsp3) is 0.636. The lowest BCUT2D eigenvalue weighted by Crippen LogP contribution is -2.25. The zero-order chi connectivity index (χ0) is 11.1. The minimum atomic E-state index is -0.156. The van der Waals surface area contributed by atoms with Gasteiger partial charge in [0.05, 0.1) is 0 Å². The normalized spacial score (nSPS) is 10.5. The first-order valence-electron chi connectivity index (χ1n) is 5.48. The molecule has 15 heavy (non-hydrogen) atoms. The van der Waals surface area contributed by atoms with Crippen molar-refractivity contribution in [1.82, 2.24) is 14.9 Å². The van der Waals surface area contributed by atoms with Crippen molar-refractivity contribution in [3.8, 4) is 0 Å². The largest absolute Gasteiger partial charge is 0.347 e. The van der Waals surface area contributed by atoms with Gasteiger partial charge in [0, 0.05) is 18.9 Å². The van der Waals surface area contributed by atoms with Crippen LogP contribution >= 0.6 is 0 Å². The molecule has 1 aromatic heterocycles. The van der Waals surface area contributed by atoms with Crippen molar-refractivity contribution in [2.24, 2.45) is 0 Å². The Morgan fingerprint density at radius 3 is 3.00 bits per heavy atom. The minimum absolute atomic E-state index is 0.156. The van der Waals surface area contributed by atoms with E-state index in [9.17, 15) is 4.79 Å². The van der Waals surface area contributed by atoms with Crippen LogP contribution in [-0.4, -0.2) is 22.6 Å². The van der Waals surface area contributed by atoms with Gasteiger partial charge in [0.1, 0.15) is 0 Å². The molecule has 0 aromatic carbocycles. The average Bonchev–Trinajstić information content (AvgIpc) is 2.23. The summed E-state index contributed by atoms with van der Waals surface area (Å²) in [6, 6.07) is 0. The smallest absolute Gasteiger partial charge is 0.317 e. The Morgan fingerprint density at radius 2 is 2.27 bits per heavy atom. The Labute approximate surface area is 90.3 Å². The van der Waals surface area contributed by atoms with Crippen LogP contribution in [0.1, 0.15) is 25.3 Å². The molecular weight excluding hydrogens is 190 g/mol. The molecule has 0 amide bonds. The monoisotopic (exact) mass is 209 g/mol. The lowest BCUT2D eigenvalue weighted by Gasteiger charge is -2.06. The van der Waals surface area contributed by atoms with Crippen LogP contribution in [0.3, 0.4) is 0 Å². The highest BCUT2D eigenvalue weighted by atomic mass is 16.1. The van der Waals surface area contributed by atoms with Gasteiger partial charge in [-0.1, -0.05) is 6.92 Å². The number of hydrogen-bond donors (Lipinski definition) is 1. The first-order chi connectivity index (χ1) is 7.24. The Kier molecular flexibility index (Phi) is 5.04. The molecule has 0 radical (unpaired) electrons. The van der Waals surface area contributed by atoms with Gasteiger partial charge in [-0.2, -0.15) is 0 Å². The van der Waals surface area contributed by atoms with Crippen LogP contribution in [0.2, 0.25) is 0 Å². The fourth-order valence-corrected chi connectivity index (χ4v) is 1.40. The van der Waals surface area contributed by atoms with E-state index in [1.54, 1.807) is 10.8 Å². The summed E-state index contributed by atoms with van der Waals surface area (Å²) < 4.78 is 1.67. The standard InChI is InChI=1S/C11H19N3O/c1-3-5-12-6-4-7-14-9-10(2)8-13-11(14)15/h8-9,12H,3-7H2,1-2H3. The van der Waals surface area contributed by atoms with Crippen LogP contribution in [0.5, 0.6) is 0 Å². The molecule has 0 atom stereocenters. The number of nitrogens with one attached hydrogen (secondary N) is 1. The summed E-state index contributed by atoms with van der Waals surface area (Å²) in [7, 11) is 0. The van der Waals surface area contributed by atoms with Crippen LogP contribution in [0.4, 0.5) is 0 Å². The molecule has 1 aromatic rings. The van der Waals surface area contributed by atoms with Gasteiger partial charge in [0.25, 0.3) is 0 Å². The van der Waals surface area contributed by atoms with Gasteiger partial charge in [-0.15, -0.1) is 0 Å². The number of hydrogen-bond acceptors (Lipinski definition) is 3. The van der Waals surface area contributed by atoms with Crippen LogP contribution in [0, 0.1) is 6.92 Å². The van der Waals surface area contributed by atoms with E-state index in [-0.39, 0.29) is 5.69 Å². The highest BCUT2D eigenvalue weighted by molar-refractivity contribution is 4.99. The SMILES string of the molecule is CCCNCCCn1cc(C)cnc1=O. The molecule has 0 unspecified atom stereocenters. The Morgan fingerprint density at radius 1 is 1.47 bits per heavy atom. The van der Waals surface area contributed by atoms with Crippen molar-refractivity contribution in [2.75, 3.05) is 13.1 Å². The van der Waals surface area contributed by atoms with Crippen molar-refractivity contribution >= 4 is 0 Å².